The zero-order valence-corrected chi connectivity index (χ0v) is 18.9. The van der Waals surface area contributed by atoms with Crippen LogP contribution in [-0.4, -0.2) is 0 Å². The Kier molecular flexibility index (Phi) is 9.20. The molecule has 4 heteroatoms. The molecule has 0 saturated heterocycles. The van der Waals surface area contributed by atoms with Crippen LogP contribution in [0, 0.1) is 5.92 Å². The van der Waals surface area contributed by atoms with Crippen molar-refractivity contribution in [3.8, 4) is 0 Å². The monoisotopic (exact) mass is 423 g/mol. The van der Waals surface area contributed by atoms with E-state index in [1.165, 1.54) is 33.5 Å². The van der Waals surface area contributed by atoms with Gasteiger partial charge in [0.2, 0.25) is 0 Å². The number of anilines is 1. The van der Waals surface area contributed by atoms with E-state index in [1.54, 1.807) is 0 Å². The quantitative estimate of drug-likeness (QED) is 0.507. The summed E-state index contributed by atoms with van der Waals surface area (Å²) in [5, 5.41) is 0. The Balaban J connectivity index is 0.00000169. The second-order valence-corrected chi connectivity index (χ2v) is 8.81. The van der Waals surface area contributed by atoms with Gasteiger partial charge in [-0.25, -0.2) is 0 Å². The van der Waals surface area contributed by atoms with E-state index in [4.69, 9.17) is 0 Å². The van der Waals surface area contributed by atoms with Gasteiger partial charge >= 0.3 is 155 Å². The first kappa shape index (κ1) is 23.1. The van der Waals surface area contributed by atoms with Gasteiger partial charge in [0.1, 0.15) is 0 Å². The Morgan fingerprint density at radius 1 is 0.923 bits per heavy atom. The molecule has 1 aliphatic carbocycles. The Bertz CT molecular complexity index is 784. The zero-order valence-electron chi connectivity index (χ0n) is 15.7. The van der Waals surface area contributed by atoms with Crippen molar-refractivity contribution in [2.45, 2.75) is 31.9 Å². The Morgan fingerprint density at radius 3 is 2.15 bits per heavy atom. The third kappa shape index (κ3) is 5.05. The van der Waals surface area contributed by atoms with Gasteiger partial charge in [-0.15, -0.1) is 24.8 Å². The molecule has 0 amide bonds. The van der Waals surface area contributed by atoms with Gasteiger partial charge in [0.15, 0.2) is 0 Å². The third-order valence-corrected chi connectivity index (χ3v) is 6.71. The summed E-state index contributed by atoms with van der Waals surface area (Å²) in [4.78, 5) is 0. The van der Waals surface area contributed by atoms with Crippen molar-refractivity contribution in [2.75, 3.05) is 3.80 Å². The maximum absolute atomic E-state index is 3.69. The largest absolute Gasteiger partial charge is 0.147 e. The molecule has 0 aromatic heterocycles. The van der Waals surface area contributed by atoms with E-state index in [0.717, 1.165) is 0 Å². The Morgan fingerprint density at radius 2 is 1.54 bits per heavy atom. The topological polar surface area (TPSA) is 12.0 Å². The standard InChI is InChI=1S/C16H19.C6H6N.2ClH.Ti/c1-5-14-8-6-7-9-15(14)16-12(3)10-11(2)13(16)4;7-6-4-2-1-3-5-6;;;/h5-10,12H,1-4H3;1-5,7H;2*1H;/q;-1;;;+1. The first-order chi connectivity index (χ1) is 11.6. The van der Waals surface area contributed by atoms with Crippen LogP contribution in [0.1, 0.15) is 43.0 Å². The van der Waals surface area contributed by atoms with Crippen LogP contribution in [0.15, 0.2) is 71.8 Å². The molecule has 0 aliphatic heterocycles. The second-order valence-electron chi connectivity index (χ2n) is 6.62. The van der Waals surface area contributed by atoms with E-state index < -0.39 is 0 Å². The van der Waals surface area contributed by atoms with Crippen molar-refractivity contribution in [1.82, 2.24) is 0 Å². The van der Waals surface area contributed by atoms with Crippen LogP contribution in [-0.2, 0) is 19.4 Å². The Hall–Kier alpha value is -0.986. The number of para-hydroxylation sites is 1. The van der Waals surface area contributed by atoms with E-state index in [2.05, 4.69) is 92.2 Å². The van der Waals surface area contributed by atoms with Crippen LogP contribution in [0.2, 0.25) is 0 Å². The maximum atomic E-state index is 3.69. The van der Waals surface area contributed by atoms with Crippen molar-refractivity contribution < 1.29 is 19.4 Å². The van der Waals surface area contributed by atoms with Crippen LogP contribution in [0.25, 0.3) is 5.57 Å². The maximum Gasteiger partial charge on any atom is -0.147 e. The smallest absolute Gasteiger partial charge is 0.147 e. The van der Waals surface area contributed by atoms with Crippen molar-refractivity contribution >= 4 is 36.1 Å². The molecule has 0 radical (unpaired) electrons. The third-order valence-electron chi connectivity index (χ3n) is 4.88. The fraction of sp³-hybridized carbons (Fsp3) is 0.273. The fourth-order valence-corrected chi connectivity index (χ4v) is 4.99. The van der Waals surface area contributed by atoms with E-state index in [-0.39, 0.29) is 44.2 Å². The van der Waals surface area contributed by atoms with Crippen LogP contribution < -0.4 is 3.80 Å². The average molecular weight is 424 g/mol. The van der Waals surface area contributed by atoms with Gasteiger partial charge in [-0.2, -0.15) is 0 Å². The zero-order chi connectivity index (χ0) is 17.1. The van der Waals surface area contributed by atoms with Gasteiger partial charge < -0.3 is 0 Å². The molecule has 26 heavy (non-hydrogen) atoms. The summed E-state index contributed by atoms with van der Waals surface area (Å²) in [6.45, 7) is 9.18. The van der Waals surface area contributed by atoms with Gasteiger partial charge in [0, 0.05) is 0 Å². The predicted molar refractivity (Wildman–Crippen MR) is 115 cm³/mol. The minimum atomic E-state index is -0.307. The SMILES string of the molecule is CC1=CC(C)C(c2ccccc2[CH](C)[Ti][NH]c2ccccc2)=C1C.Cl.Cl. The molecule has 2 aromatic carbocycles. The van der Waals surface area contributed by atoms with Crippen LogP contribution in [0.4, 0.5) is 5.69 Å². The molecular weight excluding hydrogens is 397 g/mol. The molecule has 3 rings (SSSR count). The number of hydrogen-bond donors (Lipinski definition) is 1. The fourth-order valence-electron chi connectivity index (χ4n) is 3.50. The number of halogens is 2. The summed E-state index contributed by atoms with van der Waals surface area (Å²) in [7, 11) is 0. The van der Waals surface area contributed by atoms with Gasteiger partial charge in [-0.3, -0.25) is 0 Å². The number of hydrogen-bond acceptors (Lipinski definition) is 1. The molecule has 138 valence electrons. The molecule has 2 aromatic rings. The van der Waals surface area contributed by atoms with Crippen LogP contribution in [0.3, 0.4) is 0 Å². The summed E-state index contributed by atoms with van der Waals surface area (Å²) in [5.74, 6) is 0.514. The average Bonchev–Trinajstić information content (AvgIpc) is 2.86. The van der Waals surface area contributed by atoms with Crippen molar-refractivity contribution in [3.05, 3.63) is 82.9 Å². The van der Waals surface area contributed by atoms with E-state index in [0.29, 0.717) is 10.1 Å². The minimum absolute atomic E-state index is 0. The number of nitrogens with one attached hydrogen (secondary N) is 1. The summed E-state index contributed by atoms with van der Waals surface area (Å²) in [5.41, 5.74) is 8.58. The molecule has 1 aliphatic rings. The van der Waals surface area contributed by atoms with Gasteiger partial charge in [-0.1, -0.05) is 0 Å². The van der Waals surface area contributed by atoms with E-state index >= 15 is 0 Å². The molecule has 0 spiro atoms. The summed E-state index contributed by atoms with van der Waals surface area (Å²) >= 11 is -0.307. The van der Waals surface area contributed by atoms with E-state index in [9.17, 15) is 0 Å². The number of allylic oxidation sites excluding steroid dienone is 4. The van der Waals surface area contributed by atoms with Crippen LogP contribution >= 0.6 is 24.8 Å². The molecular formula is C22H27Cl2NTi. The molecule has 2 unspecified atom stereocenters. The molecule has 1 N–H and O–H groups in total. The predicted octanol–water partition coefficient (Wildman–Crippen LogP) is 7.07. The van der Waals surface area contributed by atoms with E-state index in [1.807, 2.05) is 0 Å². The molecule has 0 fully saturated rings. The molecule has 2 atom stereocenters. The number of benzene rings is 2. The first-order valence-electron chi connectivity index (χ1n) is 8.63. The Labute approximate surface area is 179 Å². The van der Waals surface area contributed by atoms with Gasteiger partial charge in [0.25, 0.3) is 0 Å². The molecule has 1 nitrogen and oxygen atoms in total. The van der Waals surface area contributed by atoms with Crippen LogP contribution in [0.5, 0.6) is 0 Å². The van der Waals surface area contributed by atoms with Crippen molar-refractivity contribution in [3.63, 3.8) is 0 Å². The molecule has 0 heterocycles. The normalized spacial score (nSPS) is 16.9. The van der Waals surface area contributed by atoms with Crippen molar-refractivity contribution in [1.29, 1.82) is 0 Å². The number of rotatable bonds is 5. The summed E-state index contributed by atoms with van der Waals surface area (Å²) in [6, 6.07) is 19.5. The first-order valence-corrected chi connectivity index (χ1v) is 10.3. The summed E-state index contributed by atoms with van der Waals surface area (Å²) in [6.07, 6.45) is 2.39. The summed E-state index contributed by atoms with van der Waals surface area (Å²) < 4.78 is 4.27. The minimum Gasteiger partial charge on any atom is -0.147 e. The molecule has 0 bridgehead atoms. The van der Waals surface area contributed by atoms with Gasteiger partial charge in [0.05, 0.1) is 0 Å². The van der Waals surface area contributed by atoms with Crippen molar-refractivity contribution in [2.24, 2.45) is 5.92 Å². The molecule has 0 saturated carbocycles. The van der Waals surface area contributed by atoms with Gasteiger partial charge in [-0.05, 0) is 0 Å². The second kappa shape index (κ2) is 10.4.